The Labute approximate surface area is 143 Å². The van der Waals surface area contributed by atoms with Crippen LogP contribution in [0.25, 0.3) is 0 Å². The van der Waals surface area contributed by atoms with E-state index in [9.17, 15) is 4.79 Å². The van der Waals surface area contributed by atoms with E-state index in [-0.39, 0.29) is 10.7 Å². The van der Waals surface area contributed by atoms with Crippen molar-refractivity contribution in [1.82, 2.24) is 0 Å². The lowest BCUT2D eigenvalue weighted by atomic mass is 10.1. The number of nitrogens with one attached hydrogen (secondary N) is 1. The zero-order valence-electron chi connectivity index (χ0n) is 10.7. The molecule has 0 aliphatic heterocycles. The average molecular weight is 462 g/mol. The van der Waals surface area contributed by atoms with Gasteiger partial charge in [0.15, 0.2) is 0 Å². The van der Waals surface area contributed by atoms with E-state index in [0.29, 0.717) is 5.56 Å². The maximum absolute atomic E-state index is 12.4. The molecule has 2 aromatic carbocycles. The molecule has 2 rings (SSSR count). The van der Waals surface area contributed by atoms with Crippen molar-refractivity contribution in [3.63, 3.8) is 0 Å². The van der Waals surface area contributed by atoms with Crippen molar-refractivity contribution >= 4 is 59.4 Å². The van der Waals surface area contributed by atoms with Crippen molar-refractivity contribution in [3.8, 4) is 0 Å². The van der Waals surface area contributed by atoms with Crippen LogP contribution in [0.15, 0.2) is 51.4 Å². The van der Waals surface area contributed by atoms with Crippen LogP contribution in [0.5, 0.6) is 0 Å². The molecule has 0 spiro atoms. The highest BCUT2D eigenvalue weighted by atomic mass is 79.9. The van der Waals surface area contributed by atoms with Gasteiger partial charge >= 0.3 is 0 Å². The molecule has 0 aromatic heterocycles. The maximum Gasteiger partial charge on any atom is 0.256 e. The molecule has 2 nitrogen and oxygen atoms in total. The Morgan fingerprint density at radius 2 is 1.85 bits per heavy atom. The molecule has 1 amide bonds. The van der Waals surface area contributed by atoms with E-state index >= 15 is 0 Å². The molecule has 0 aliphatic carbocycles. The molecule has 2 aromatic rings. The molecular weight excluding hydrogens is 450 g/mol. The first-order valence-corrected chi connectivity index (χ1v) is 8.48. The minimum absolute atomic E-state index is 0.140. The summed E-state index contributed by atoms with van der Waals surface area (Å²) in [6, 6.07) is 13.3. The van der Waals surface area contributed by atoms with E-state index in [1.165, 1.54) is 0 Å². The van der Waals surface area contributed by atoms with Gasteiger partial charge in [-0.3, -0.25) is 4.79 Å². The van der Waals surface area contributed by atoms with Crippen LogP contribution in [0.3, 0.4) is 0 Å². The molecule has 0 fully saturated rings. The fourth-order valence-electron chi connectivity index (χ4n) is 1.82. The highest BCUT2D eigenvalue weighted by molar-refractivity contribution is 9.11. The summed E-state index contributed by atoms with van der Waals surface area (Å²) in [4.78, 5) is 12.6. The number of para-hydroxylation sites is 1. The summed E-state index contributed by atoms with van der Waals surface area (Å²) in [5, 5.41) is 2.96. The second kappa shape index (κ2) is 6.87. The van der Waals surface area contributed by atoms with Crippen LogP contribution in [-0.4, -0.2) is 5.91 Å². The van der Waals surface area contributed by atoms with E-state index in [1.807, 2.05) is 43.3 Å². The van der Waals surface area contributed by atoms with Gasteiger partial charge in [-0.05, 0) is 52.7 Å². The Hall–Kier alpha value is -0.650. The van der Waals surface area contributed by atoms with Crippen molar-refractivity contribution in [1.29, 1.82) is 0 Å². The van der Waals surface area contributed by atoms with Gasteiger partial charge in [-0.15, -0.1) is 0 Å². The third kappa shape index (κ3) is 3.71. The number of carbonyl (C=O) groups excluding carboxylic acids is 1. The third-order valence-corrected chi connectivity index (χ3v) is 4.49. The van der Waals surface area contributed by atoms with Gasteiger partial charge in [0, 0.05) is 19.5 Å². The van der Waals surface area contributed by atoms with Gasteiger partial charge in [-0.25, -0.2) is 0 Å². The number of hydrogen-bond acceptors (Lipinski definition) is 1. The molecule has 1 N–H and O–H groups in total. The fraction of sp³-hybridized carbons (Fsp3) is 0.133. The minimum Gasteiger partial charge on any atom is -0.322 e. The van der Waals surface area contributed by atoms with E-state index in [1.54, 1.807) is 6.07 Å². The summed E-state index contributed by atoms with van der Waals surface area (Å²) in [5.74, 6) is -0.140. The Balaban J connectivity index is 2.31. The number of benzene rings is 2. The largest absolute Gasteiger partial charge is 0.322 e. The van der Waals surface area contributed by atoms with Crippen molar-refractivity contribution < 1.29 is 4.79 Å². The van der Waals surface area contributed by atoms with E-state index in [0.717, 1.165) is 20.2 Å². The Morgan fingerprint density at radius 3 is 2.55 bits per heavy atom. The molecule has 0 aliphatic rings. The lowest BCUT2D eigenvalue weighted by Gasteiger charge is -2.13. The molecule has 0 saturated carbocycles. The second-order valence-corrected chi connectivity index (χ2v) is 7.43. The highest BCUT2D eigenvalue weighted by Crippen LogP contribution is 2.29. The predicted molar refractivity (Wildman–Crippen MR) is 93.6 cm³/mol. The minimum atomic E-state index is -0.140. The Bertz CT molecular complexity index is 641. The van der Waals surface area contributed by atoms with Gasteiger partial charge in [-0.2, -0.15) is 0 Å². The molecule has 1 atom stereocenters. The first kappa shape index (κ1) is 15.7. The van der Waals surface area contributed by atoms with Crippen molar-refractivity contribution in [2.45, 2.75) is 11.8 Å². The Kier molecular flexibility index (Phi) is 5.41. The monoisotopic (exact) mass is 459 g/mol. The normalized spacial score (nSPS) is 12.0. The Morgan fingerprint density at radius 1 is 1.15 bits per heavy atom. The summed E-state index contributed by atoms with van der Waals surface area (Å²) in [6.45, 7) is 2.03. The van der Waals surface area contributed by atoms with Gasteiger partial charge in [0.25, 0.3) is 5.91 Å². The topological polar surface area (TPSA) is 29.1 Å². The van der Waals surface area contributed by atoms with Gasteiger partial charge in [0.1, 0.15) is 0 Å². The lowest BCUT2D eigenvalue weighted by Crippen LogP contribution is -2.14. The van der Waals surface area contributed by atoms with Crippen LogP contribution in [0.2, 0.25) is 0 Å². The highest BCUT2D eigenvalue weighted by Gasteiger charge is 2.14. The van der Waals surface area contributed by atoms with Crippen LogP contribution in [0.4, 0.5) is 5.69 Å². The van der Waals surface area contributed by atoms with E-state index in [2.05, 4.69) is 53.1 Å². The quantitative estimate of drug-likeness (QED) is 0.565. The molecule has 0 radical (unpaired) electrons. The summed E-state index contributed by atoms with van der Waals surface area (Å²) < 4.78 is 1.63. The number of amides is 1. The molecule has 0 bridgehead atoms. The van der Waals surface area contributed by atoms with Gasteiger partial charge in [-0.1, -0.05) is 50.1 Å². The smallest absolute Gasteiger partial charge is 0.256 e. The van der Waals surface area contributed by atoms with E-state index in [4.69, 9.17) is 0 Å². The van der Waals surface area contributed by atoms with Gasteiger partial charge in [0.2, 0.25) is 0 Å². The summed E-state index contributed by atoms with van der Waals surface area (Å²) in [7, 11) is 0. The molecule has 5 heteroatoms. The SMILES string of the molecule is CC(Br)c1ccccc1NC(=O)c1cc(Br)ccc1Br. The van der Waals surface area contributed by atoms with Crippen LogP contribution in [0, 0.1) is 0 Å². The lowest BCUT2D eigenvalue weighted by molar-refractivity contribution is 0.102. The molecular formula is C15H12Br3NO. The predicted octanol–water partition coefficient (Wildman–Crippen LogP) is 5.92. The van der Waals surface area contributed by atoms with Crippen LogP contribution in [0.1, 0.15) is 27.7 Å². The molecule has 20 heavy (non-hydrogen) atoms. The first-order chi connectivity index (χ1) is 9.49. The first-order valence-electron chi connectivity index (χ1n) is 5.98. The van der Waals surface area contributed by atoms with E-state index < -0.39 is 0 Å². The number of rotatable bonds is 3. The molecule has 0 saturated heterocycles. The summed E-state index contributed by atoms with van der Waals surface area (Å²) >= 11 is 10.3. The number of anilines is 1. The molecule has 1 unspecified atom stereocenters. The fourth-order valence-corrected chi connectivity index (χ4v) is 3.01. The van der Waals surface area contributed by atoms with Crippen molar-refractivity contribution in [2.75, 3.05) is 5.32 Å². The summed E-state index contributed by atoms with van der Waals surface area (Å²) in [6.07, 6.45) is 0. The zero-order chi connectivity index (χ0) is 14.7. The van der Waals surface area contributed by atoms with Gasteiger partial charge < -0.3 is 5.32 Å². The van der Waals surface area contributed by atoms with Crippen molar-refractivity contribution in [2.24, 2.45) is 0 Å². The number of halogens is 3. The van der Waals surface area contributed by atoms with Gasteiger partial charge in [0.05, 0.1) is 5.56 Å². The van der Waals surface area contributed by atoms with Crippen LogP contribution >= 0.6 is 47.8 Å². The third-order valence-electron chi connectivity index (χ3n) is 2.81. The molecule has 104 valence electrons. The summed E-state index contributed by atoms with van der Waals surface area (Å²) in [5.41, 5.74) is 2.46. The van der Waals surface area contributed by atoms with Crippen LogP contribution < -0.4 is 5.32 Å². The zero-order valence-corrected chi connectivity index (χ0v) is 15.4. The maximum atomic E-state index is 12.4. The molecule has 0 heterocycles. The standard InChI is InChI=1S/C15H12Br3NO/c1-9(16)11-4-2-3-5-14(11)19-15(20)12-8-10(17)6-7-13(12)18/h2-9H,1H3,(H,19,20). The van der Waals surface area contributed by atoms with Crippen LogP contribution in [-0.2, 0) is 0 Å². The number of hydrogen-bond donors (Lipinski definition) is 1. The second-order valence-electron chi connectivity index (χ2n) is 4.28. The van der Waals surface area contributed by atoms with Crippen molar-refractivity contribution in [3.05, 3.63) is 62.5 Å². The average Bonchev–Trinajstić information content (AvgIpc) is 2.41. The number of alkyl halides is 1. The number of carbonyl (C=O) groups is 1.